The van der Waals surface area contributed by atoms with Crippen LogP contribution in [0.2, 0.25) is 0 Å². The van der Waals surface area contributed by atoms with Gasteiger partial charge in [0.15, 0.2) is 0 Å². The lowest BCUT2D eigenvalue weighted by Crippen LogP contribution is -2.42. The van der Waals surface area contributed by atoms with Crippen molar-refractivity contribution in [1.29, 1.82) is 0 Å². The second-order valence-corrected chi connectivity index (χ2v) is 5.41. The number of aromatic amines is 1. The number of hydrogen-bond donors (Lipinski definition) is 2. The highest BCUT2D eigenvalue weighted by Gasteiger charge is 2.24. The predicted molar refractivity (Wildman–Crippen MR) is 88.6 cm³/mol. The summed E-state index contributed by atoms with van der Waals surface area (Å²) in [6, 6.07) is 4.99. The van der Waals surface area contributed by atoms with E-state index in [0.29, 0.717) is 17.1 Å². The zero-order valence-corrected chi connectivity index (χ0v) is 14.2. The molecule has 0 spiro atoms. The van der Waals surface area contributed by atoms with Gasteiger partial charge >= 0.3 is 5.97 Å². The molecule has 2 rings (SSSR count). The zero-order valence-electron chi connectivity index (χ0n) is 14.2. The number of benzene rings is 1. The van der Waals surface area contributed by atoms with Crippen LogP contribution in [0.3, 0.4) is 0 Å². The monoisotopic (exact) mass is 331 g/mol. The van der Waals surface area contributed by atoms with Gasteiger partial charge in [0, 0.05) is 24.6 Å². The first-order valence-electron chi connectivity index (χ1n) is 7.48. The van der Waals surface area contributed by atoms with E-state index in [9.17, 15) is 9.59 Å². The van der Waals surface area contributed by atoms with E-state index in [2.05, 4.69) is 15.3 Å². The van der Waals surface area contributed by atoms with E-state index in [0.717, 1.165) is 11.1 Å². The van der Waals surface area contributed by atoms with E-state index in [1.807, 2.05) is 25.1 Å². The molecule has 1 amide bonds. The minimum absolute atomic E-state index is 0.235. The third kappa shape index (κ3) is 3.92. The van der Waals surface area contributed by atoms with Crippen LogP contribution in [0.15, 0.2) is 24.5 Å². The third-order valence-corrected chi connectivity index (χ3v) is 3.60. The summed E-state index contributed by atoms with van der Waals surface area (Å²) in [5.74, 6) is -0.135. The lowest BCUT2D eigenvalue weighted by molar-refractivity contribution is -0.144. The third-order valence-electron chi connectivity index (χ3n) is 3.60. The molecule has 7 heteroatoms. The van der Waals surface area contributed by atoms with Crippen molar-refractivity contribution in [1.82, 2.24) is 15.3 Å². The van der Waals surface area contributed by atoms with Gasteiger partial charge in [0.2, 0.25) is 5.91 Å². The standard InChI is InChI=1S/C17H21N3O4/c1-10-5-6-15(23-3)12(7-10)16-13(18-9-19-16)8-14(17(22)24-4)20-11(2)21/h5-7,9,14H,8H2,1-4H3,(H,18,19)(H,20,21)/t14-/m0/s1. The molecule has 0 saturated carbocycles. The quantitative estimate of drug-likeness (QED) is 0.785. The number of carbonyl (C=O) groups is 2. The number of methoxy groups -OCH3 is 2. The van der Waals surface area contributed by atoms with Gasteiger partial charge < -0.3 is 19.8 Å². The lowest BCUT2D eigenvalue weighted by Gasteiger charge is -2.16. The summed E-state index contributed by atoms with van der Waals surface area (Å²) in [6.45, 7) is 3.33. The molecule has 0 saturated heterocycles. The summed E-state index contributed by atoms with van der Waals surface area (Å²) in [5, 5.41) is 2.60. The van der Waals surface area contributed by atoms with Gasteiger partial charge in [-0.25, -0.2) is 9.78 Å². The highest BCUT2D eigenvalue weighted by Crippen LogP contribution is 2.31. The second kappa shape index (κ2) is 7.63. The SMILES string of the molecule is COC(=O)[C@H](Cc1[nH]cnc1-c1cc(C)ccc1OC)NC(C)=O. The van der Waals surface area contributed by atoms with E-state index >= 15 is 0 Å². The normalized spacial score (nSPS) is 11.7. The number of esters is 1. The first-order chi connectivity index (χ1) is 11.5. The summed E-state index contributed by atoms with van der Waals surface area (Å²) in [4.78, 5) is 30.6. The van der Waals surface area contributed by atoms with E-state index in [1.54, 1.807) is 13.4 Å². The predicted octanol–water partition coefficient (Wildman–Crippen LogP) is 1.61. The number of nitrogens with zero attached hydrogens (tertiary/aromatic N) is 1. The molecule has 0 aliphatic heterocycles. The van der Waals surface area contributed by atoms with Crippen molar-refractivity contribution in [3.63, 3.8) is 0 Å². The van der Waals surface area contributed by atoms with Gasteiger partial charge in [-0.1, -0.05) is 11.6 Å². The van der Waals surface area contributed by atoms with Crippen molar-refractivity contribution in [2.24, 2.45) is 0 Å². The molecule has 2 aromatic rings. The molecule has 7 nitrogen and oxygen atoms in total. The van der Waals surface area contributed by atoms with Crippen LogP contribution in [-0.2, 0) is 20.7 Å². The minimum atomic E-state index is -0.789. The fraction of sp³-hybridized carbons (Fsp3) is 0.353. The van der Waals surface area contributed by atoms with Crippen molar-refractivity contribution >= 4 is 11.9 Å². The molecule has 24 heavy (non-hydrogen) atoms. The van der Waals surface area contributed by atoms with Gasteiger partial charge in [-0.3, -0.25) is 4.79 Å². The van der Waals surface area contributed by atoms with Crippen LogP contribution < -0.4 is 10.1 Å². The Kier molecular flexibility index (Phi) is 5.57. The van der Waals surface area contributed by atoms with E-state index in [-0.39, 0.29) is 12.3 Å². The van der Waals surface area contributed by atoms with E-state index < -0.39 is 12.0 Å². The summed E-state index contributed by atoms with van der Waals surface area (Å²) < 4.78 is 10.2. The molecular formula is C17H21N3O4. The number of imidazole rings is 1. The number of aromatic nitrogens is 2. The number of ether oxygens (including phenoxy) is 2. The fourth-order valence-corrected chi connectivity index (χ4v) is 2.50. The molecule has 1 heterocycles. The van der Waals surface area contributed by atoms with Gasteiger partial charge in [0.25, 0.3) is 0 Å². The molecule has 0 fully saturated rings. The molecule has 0 aliphatic rings. The Balaban J connectivity index is 2.38. The largest absolute Gasteiger partial charge is 0.496 e. The van der Waals surface area contributed by atoms with Gasteiger partial charge in [0.05, 0.1) is 26.2 Å². The van der Waals surface area contributed by atoms with Crippen molar-refractivity contribution < 1.29 is 19.1 Å². The van der Waals surface area contributed by atoms with E-state index in [1.165, 1.54) is 14.0 Å². The maximum Gasteiger partial charge on any atom is 0.328 e. The Morgan fingerprint density at radius 1 is 1.33 bits per heavy atom. The lowest BCUT2D eigenvalue weighted by atomic mass is 10.0. The first kappa shape index (κ1) is 17.5. The number of aryl methyl sites for hydroxylation is 1. The maximum absolute atomic E-state index is 11.9. The van der Waals surface area contributed by atoms with Gasteiger partial charge in [-0.05, 0) is 19.1 Å². The average molecular weight is 331 g/mol. The first-order valence-corrected chi connectivity index (χ1v) is 7.48. The smallest absolute Gasteiger partial charge is 0.328 e. The average Bonchev–Trinajstić information content (AvgIpc) is 3.01. The van der Waals surface area contributed by atoms with Gasteiger partial charge in [0.1, 0.15) is 11.8 Å². The Morgan fingerprint density at radius 3 is 2.71 bits per heavy atom. The number of rotatable bonds is 6. The Morgan fingerprint density at radius 2 is 2.08 bits per heavy atom. The maximum atomic E-state index is 11.9. The van der Waals surface area contributed by atoms with Crippen LogP contribution in [0.4, 0.5) is 0 Å². The Labute approximate surface area is 140 Å². The van der Waals surface area contributed by atoms with Crippen molar-refractivity contribution in [2.45, 2.75) is 26.3 Å². The number of amides is 1. The van der Waals surface area contributed by atoms with Crippen molar-refractivity contribution in [3.8, 4) is 17.0 Å². The summed E-state index contributed by atoms with van der Waals surface area (Å²) in [5.41, 5.74) is 3.27. The molecule has 1 atom stereocenters. The second-order valence-electron chi connectivity index (χ2n) is 5.41. The topological polar surface area (TPSA) is 93.3 Å². The number of hydrogen-bond acceptors (Lipinski definition) is 5. The number of H-pyrrole nitrogens is 1. The van der Waals surface area contributed by atoms with Crippen LogP contribution in [0.1, 0.15) is 18.2 Å². The number of carbonyl (C=O) groups excluding carboxylic acids is 2. The van der Waals surface area contributed by atoms with Crippen LogP contribution in [0.25, 0.3) is 11.3 Å². The molecule has 1 aromatic heterocycles. The number of nitrogens with one attached hydrogen (secondary N) is 2. The molecular weight excluding hydrogens is 310 g/mol. The summed E-state index contributed by atoms with van der Waals surface area (Å²) in [7, 11) is 2.88. The Bertz CT molecular complexity index is 739. The molecule has 1 aromatic carbocycles. The Hall–Kier alpha value is -2.83. The highest BCUT2D eigenvalue weighted by molar-refractivity contribution is 5.83. The van der Waals surface area contributed by atoms with Crippen LogP contribution >= 0.6 is 0 Å². The summed E-state index contributed by atoms with van der Waals surface area (Å²) in [6.07, 6.45) is 1.78. The zero-order chi connectivity index (χ0) is 17.7. The van der Waals surface area contributed by atoms with Crippen LogP contribution in [0.5, 0.6) is 5.75 Å². The molecule has 2 N–H and O–H groups in total. The van der Waals surface area contributed by atoms with Crippen molar-refractivity contribution in [2.75, 3.05) is 14.2 Å². The van der Waals surface area contributed by atoms with Crippen LogP contribution in [0, 0.1) is 6.92 Å². The molecule has 128 valence electrons. The van der Waals surface area contributed by atoms with Gasteiger partial charge in [-0.2, -0.15) is 0 Å². The van der Waals surface area contributed by atoms with Crippen molar-refractivity contribution in [3.05, 3.63) is 35.8 Å². The molecule has 0 bridgehead atoms. The van der Waals surface area contributed by atoms with Crippen LogP contribution in [-0.4, -0.2) is 42.1 Å². The molecule has 0 radical (unpaired) electrons. The minimum Gasteiger partial charge on any atom is -0.496 e. The highest BCUT2D eigenvalue weighted by atomic mass is 16.5. The molecule has 0 aliphatic carbocycles. The van der Waals surface area contributed by atoms with Gasteiger partial charge in [-0.15, -0.1) is 0 Å². The fourth-order valence-electron chi connectivity index (χ4n) is 2.50. The molecule has 0 unspecified atom stereocenters. The van der Waals surface area contributed by atoms with E-state index in [4.69, 9.17) is 9.47 Å². The summed E-state index contributed by atoms with van der Waals surface area (Å²) >= 11 is 0.